The van der Waals surface area contributed by atoms with Crippen LogP contribution in [0.3, 0.4) is 0 Å². The van der Waals surface area contributed by atoms with Gasteiger partial charge in [-0.2, -0.15) is 13.2 Å². The van der Waals surface area contributed by atoms with Gasteiger partial charge in [-0.1, -0.05) is 6.07 Å². The summed E-state index contributed by atoms with van der Waals surface area (Å²) in [6, 6.07) is 9.98. The molecule has 2 aliphatic heterocycles. The van der Waals surface area contributed by atoms with Crippen molar-refractivity contribution in [3.63, 3.8) is 0 Å². The van der Waals surface area contributed by atoms with E-state index in [1.54, 1.807) is 18.2 Å². The molecule has 0 amide bonds. The zero-order chi connectivity index (χ0) is 23.3. The number of hydrogen-bond acceptors (Lipinski definition) is 7. The lowest BCUT2D eigenvalue weighted by molar-refractivity contribution is -0.137. The molecule has 2 aliphatic rings. The maximum Gasteiger partial charge on any atom is 0.416 e. The van der Waals surface area contributed by atoms with Gasteiger partial charge < -0.3 is 24.3 Å². The molecule has 0 spiro atoms. The number of nitrogens with one attached hydrogen (secondary N) is 1. The van der Waals surface area contributed by atoms with Gasteiger partial charge in [-0.05, 0) is 48.9 Å². The monoisotopic (exact) mass is 475 g/mol. The molecule has 2 N–H and O–H groups in total. The number of ether oxygens (including phenoxy) is 2. The van der Waals surface area contributed by atoms with Crippen molar-refractivity contribution in [2.24, 2.45) is 0 Å². The number of fused-ring (bicyclic) bond motifs is 2. The first-order chi connectivity index (χ1) is 15.7. The lowest BCUT2D eigenvalue weighted by Gasteiger charge is -2.15. The van der Waals surface area contributed by atoms with Crippen LogP contribution in [0.2, 0.25) is 0 Å². The molecule has 0 radical (unpaired) electrons. The fourth-order valence-electron chi connectivity index (χ4n) is 3.66. The molecule has 5 rings (SSSR count). The number of aryl methyl sites for hydroxylation is 1. The van der Waals surface area contributed by atoms with E-state index in [2.05, 4.69) is 5.32 Å². The van der Waals surface area contributed by atoms with Gasteiger partial charge >= 0.3 is 11.8 Å². The third kappa shape index (κ3) is 4.02. The highest BCUT2D eigenvalue weighted by atomic mass is 32.2. The predicted octanol–water partition coefficient (Wildman–Crippen LogP) is 5.70. The number of anilines is 1. The van der Waals surface area contributed by atoms with E-state index in [0.717, 1.165) is 17.7 Å². The summed E-state index contributed by atoms with van der Waals surface area (Å²) in [6.07, 6.45) is -2.88. The summed E-state index contributed by atoms with van der Waals surface area (Å²) in [6.45, 7) is 1.61. The summed E-state index contributed by atoms with van der Waals surface area (Å²) in [4.78, 5) is 13.1. The van der Waals surface area contributed by atoms with Crippen LogP contribution in [0.4, 0.5) is 18.9 Å². The Balaban J connectivity index is 1.67. The summed E-state index contributed by atoms with van der Waals surface area (Å²) in [7, 11) is 0. The molecule has 1 aromatic heterocycles. The summed E-state index contributed by atoms with van der Waals surface area (Å²) >= 11 is 1.29. The summed E-state index contributed by atoms with van der Waals surface area (Å²) < 4.78 is 56.0. The minimum atomic E-state index is -4.54. The Morgan fingerprint density at radius 1 is 1.09 bits per heavy atom. The van der Waals surface area contributed by atoms with Crippen molar-refractivity contribution in [1.29, 1.82) is 0 Å². The van der Waals surface area contributed by atoms with E-state index in [-0.39, 0.29) is 35.3 Å². The zero-order valence-corrected chi connectivity index (χ0v) is 17.8. The molecular formula is C23H16F3NO5S. The molecule has 3 heterocycles. The Morgan fingerprint density at radius 3 is 2.64 bits per heavy atom. The highest BCUT2D eigenvalue weighted by molar-refractivity contribution is 7.99. The second-order valence-corrected chi connectivity index (χ2v) is 8.65. The van der Waals surface area contributed by atoms with E-state index in [4.69, 9.17) is 13.9 Å². The summed E-state index contributed by atoms with van der Waals surface area (Å²) in [5.74, 6) is 1.00. The smallest absolute Gasteiger partial charge is 0.416 e. The van der Waals surface area contributed by atoms with Gasteiger partial charge in [-0.15, -0.1) is 11.8 Å². The zero-order valence-electron chi connectivity index (χ0n) is 17.0. The van der Waals surface area contributed by atoms with Gasteiger partial charge in [-0.25, -0.2) is 4.79 Å². The van der Waals surface area contributed by atoms with Crippen LogP contribution in [0.15, 0.2) is 62.6 Å². The van der Waals surface area contributed by atoms with Crippen LogP contribution < -0.4 is 20.4 Å². The van der Waals surface area contributed by atoms with Gasteiger partial charge in [0, 0.05) is 11.0 Å². The lowest BCUT2D eigenvalue weighted by atomic mass is 10.1. The molecule has 1 atom stereocenters. The van der Waals surface area contributed by atoms with Crippen molar-refractivity contribution >= 4 is 23.1 Å². The van der Waals surface area contributed by atoms with Crippen molar-refractivity contribution in [3.05, 3.63) is 81.4 Å². The molecule has 2 aromatic carbocycles. The topological polar surface area (TPSA) is 80.9 Å². The van der Waals surface area contributed by atoms with E-state index >= 15 is 0 Å². The van der Waals surface area contributed by atoms with Crippen molar-refractivity contribution in [2.45, 2.75) is 23.2 Å². The van der Waals surface area contributed by atoms with E-state index in [1.165, 1.54) is 30.8 Å². The Hall–Kier alpha value is -3.53. The first kappa shape index (κ1) is 21.3. The molecule has 0 fully saturated rings. The molecule has 0 unspecified atom stereocenters. The SMILES string of the molecule is Cc1cc(O)c(C2=C[C@H](c3ccc4c(c3)OCO4)Sc3ccc(C(F)(F)F)cc3N2)c(=O)o1. The van der Waals surface area contributed by atoms with Crippen LogP contribution in [-0.2, 0) is 6.18 Å². The van der Waals surface area contributed by atoms with Gasteiger partial charge in [0.25, 0.3) is 0 Å². The molecule has 0 saturated carbocycles. The number of aromatic hydroxyl groups is 1. The molecule has 170 valence electrons. The van der Waals surface area contributed by atoms with Crippen LogP contribution in [0.25, 0.3) is 5.70 Å². The number of alkyl halides is 3. The largest absolute Gasteiger partial charge is 0.507 e. The highest BCUT2D eigenvalue weighted by Gasteiger charge is 2.32. The van der Waals surface area contributed by atoms with Gasteiger partial charge in [-0.3, -0.25) is 0 Å². The molecular weight excluding hydrogens is 459 g/mol. The summed E-state index contributed by atoms with van der Waals surface area (Å²) in [5, 5.41) is 12.9. The number of rotatable bonds is 2. The quantitative estimate of drug-likeness (QED) is 0.492. The first-order valence-electron chi connectivity index (χ1n) is 9.79. The fourth-order valence-corrected chi connectivity index (χ4v) is 4.80. The molecule has 10 heteroatoms. The van der Waals surface area contributed by atoms with Crippen molar-refractivity contribution < 1.29 is 32.2 Å². The molecule has 6 nitrogen and oxygen atoms in total. The molecule has 33 heavy (non-hydrogen) atoms. The van der Waals surface area contributed by atoms with Crippen molar-refractivity contribution in [2.75, 3.05) is 12.1 Å². The van der Waals surface area contributed by atoms with Crippen molar-refractivity contribution in [3.8, 4) is 17.2 Å². The Labute approximate surface area is 189 Å². The highest BCUT2D eigenvalue weighted by Crippen LogP contribution is 2.48. The fraction of sp³-hybridized carbons (Fsp3) is 0.174. The predicted molar refractivity (Wildman–Crippen MR) is 116 cm³/mol. The number of benzene rings is 2. The van der Waals surface area contributed by atoms with Crippen LogP contribution in [0.1, 0.15) is 27.7 Å². The van der Waals surface area contributed by atoms with Gasteiger partial charge in [0.15, 0.2) is 11.5 Å². The van der Waals surface area contributed by atoms with Crippen LogP contribution in [0, 0.1) is 6.92 Å². The normalized spacial score (nSPS) is 17.1. The molecule has 0 bridgehead atoms. The van der Waals surface area contributed by atoms with Crippen LogP contribution >= 0.6 is 11.8 Å². The number of hydrogen-bond donors (Lipinski definition) is 2. The number of thioether (sulfide) groups is 1. The maximum absolute atomic E-state index is 13.3. The van der Waals surface area contributed by atoms with Crippen molar-refractivity contribution in [1.82, 2.24) is 0 Å². The first-order valence-corrected chi connectivity index (χ1v) is 10.7. The van der Waals surface area contributed by atoms with Crippen LogP contribution in [0.5, 0.6) is 17.2 Å². The maximum atomic E-state index is 13.3. The van der Waals surface area contributed by atoms with Crippen LogP contribution in [-0.4, -0.2) is 11.9 Å². The Kier molecular flexibility index (Phi) is 5.04. The van der Waals surface area contributed by atoms with E-state index in [1.807, 2.05) is 6.07 Å². The summed E-state index contributed by atoms with van der Waals surface area (Å²) in [5.41, 5.74) is -0.755. The third-order valence-electron chi connectivity index (χ3n) is 5.20. The standard InChI is InChI=1S/C23H16F3NO5S/c1-11-6-16(28)21(22(29)32-11)15-9-20(12-2-4-17-18(7-12)31-10-30-17)33-19-5-3-13(23(24,25)26)8-14(19)27-15/h2-9,20,27-28H,10H2,1H3/t20-/m1/s1. The van der Waals surface area contributed by atoms with Gasteiger partial charge in [0.2, 0.25) is 6.79 Å². The average Bonchev–Trinajstić information content (AvgIpc) is 3.12. The lowest BCUT2D eigenvalue weighted by Crippen LogP contribution is -2.13. The van der Waals surface area contributed by atoms with Gasteiger partial charge in [0.1, 0.15) is 17.1 Å². The van der Waals surface area contributed by atoms with E-state index in [9.17, 15) is 23.1 Å². The second kappa shape index (κ2) is 7.80. The second-order valence-electron chi connectivity index (χ2n) is 7.47. The Morgan fingerprint density at radius 2 is 1.88 bits per heavy atom. The molecule has 0 aliphatic carbocycles. The average molecular weight is 475 g/mol. The molecule has 3 aromatic rings. The van der Waals surface area contributed by atoms with E-state index < -0.39 is 22.6 Å². The Bertz CT molecular complexity index is 1350. The minimum Gasteiger partial charge on any atom is -0.507 e. The third-order valence-corrected chi connectivity index (χ3v) is 6.47. The van der Waals surface area contributed by atoms with Gasteiger partial charge in [0.05, 0.1) is 22.2 Å². The number of halogens is 3. The minimum absolute atomic E-state index is 0.0978. The van der Waals surface area contributed by atoms with E-state index in [0.29, 0.717) is 16.4 Å². The molecule has 0 saturated heterocycles.